The largest absolute Gasteiger partial charge is 0.352 e. The van der Waals surface area contributed by atoms with Gasteiger partial charge in [-0.3, -0.25) is 14.3 Å². The highest BCUT2D eigenvalue weighted by atomic mass is 35.5. The lowest BCUT2D eigenvalue weighted by atomic mass is 9.93. The fourth-order valence-electron chi connectivity index (χ4n) is 4.77. The Labute approximate surface area is 237 Å². The molecule has 0 bridgehead atoms. The highest BCUT2D eigenvalue weighted by Crippen LogP contribution is 2.25. The average molecular weight is 555 g/mol. The van der Waals surface area contributed by atoms with Crippen molar-refractivity contribution in [3.05, 3.63) is 69.5 Å². The van der Waals surface area contributed by atoms with Crippen LogP contribution in [0.3, 0.4) is 0 Å². The minimum absolute atomic E-state index is 0.00656. The van der Waals surface area contributed by atoms with E-state index in [4.69, 9.17) is 11.6 Å². The Morgan fingerprint density at radius 3 is 2.56 bits per heavy atom. The van der Waals surface area contributed by atoms with Crippen LogP contribution in [0.4, 0.5) is 5.82 Å². The van der Waals surface area contributed by atoms with E-state index in [0.717, 1.165) is 65.6 Å². The number of fused-ring (bicyclic) bond motifs is 1. The Hall–Kier alpha value is -3.10. The van der Waals surface area contributed by atoms with Gasteiger partial charge in [0.25, 0.3) is 5.91 Å². The number of nitrogens with one attached hydrogen (secondary N) is 3. The van der Waals surface area contributed by atoms with Crippen LogP contribution in [-0.2, 0) is 24.9 Å². The van der Waals surface area contributed by atoms with Crippen molar-refractivity contribution in [3.63, 3.8) is 0 Å². The summed E-state index contributed by atoms with van der Waals surface area (Å²) in [5, 5.41) is 15.0. The van der Waals surface area contributed by atoms with Crippen molar-refractivity contribution in [1.29, 1.82) is 0 Å². The molecule has 2 aliphatic rings. The predicted molar refractivity (Wildman–Crippen MR) is 158 cm³/mol. The summed E-state index contributed by atoms with van der Waals surface area (Å²) in [6, 6.07) is 5.82. The van der Waals surface area contributed by atoms with E-state index in [9.17, 15) is 9.59 Å². The Morgan fingerprint density at radius 1 is 1.21 bits per heavy atom. The topological polar surface area (TPSA) is 91.3 Å². The standard InChI is InChI=1S/C26H36N6O2.C4H7Cl/c1-4-22-17-32(16-21-15-29-31(3)25(21)30-22)26(34)23-7-5-20(13-18(23)2)14-28-24(33)8-6-19-9-11-27-12-10-19;1-3-4(2)5/h4-5,7,13,15,19,27,30H,6,8-12,14,16-17H2,1-3H3,(H,28,33);3H,1-2H3/b22-4+;4-3+. The first-order valence-electron chi connectivity index (χ1n) is 13.8. The van der Waals surface area contributed by atoms with Gasteiger partial charge in [0.15, 0.2) is 0 Å². The van der Waals surface area contributed by atoms with Crippen LogP contribution in [0.15, 0.2) is 47.3 Å². The maximum atomic E-state index is 13.4. The summed E-state index contributed by atoms with van der Waals surface area (Å²) < 4.78 is 1.80. The Kier molecular flexibility index (Phi) is 11.6. The van der Waals surface area contributed by atoms with Crippen LogP contribution >= 0.6 is 11.6 Å². The number of anilines is 1. The molecule has 0 radical (unpaired) electrons. The molecular formula is C30H43ClN6O2. The first kappa shape index (κ1) is 30.4. The summed E-state index contributed by atoms with van der Waals surface area (Å²) in [5.41, 5.74) is 4.57. The van der Waals surface area contributed by atoms with E-state index in [1.54, 1.807) is 4.68 Å². The second kappa shape index (κ2) is 14.9. The molecule has 1 aromatic carbocycles. The SMILES string of the molecule is C/C=C(\C)Cl.C/C=C1\CN(C(=O)c2ccc(CNC(=O)CCC3CCNCC3)cc2C)Cc2cnn(C)c2N1. The minimum Gasteiger partial charge on any atom is -0.352 e. The molecule has 0 unspecified atom stereocenters. The number of allylic oxidation sites excluding steroid dienone is 3. The molecule has 3 heterocycles. The molecule has 2 aromatic rings. The summed E-state index contributed by atoms with van der Waals surface area (Å²) >= 11 is 5.32. The van der Waals surface area contributed by atoms with Crippen molar-refractivity contribution in [2.24, 2.45) is 13.0 Å². The van der Waals surface area contributed by atoms with Crippen molar-refractivity contribution in [2.45, 2.75) is 66.5 Å². The zero-order chi connectivity index (χ0) is 28.4. The number of amides is 2. The molecule has 1 fully saturated rings. The summed E-state index contributed by atoms with van der Waals surface area (Å²) in [5.74, 6) is 1.67. The quantitative estimate of drug-likeness (QED) is 0.454. The van der Waals surface area contributed by atoms with Crippen LogP contribution in [0.25, 0.3) is 0 Å². The number of carbonyl (C=O) groups excluding carboxylic acids is 2. The van der Waals surface area contributed by atoms with E-state index in [1.807, 2.05) is 76.2 Å². The molecule has 2 amide bonds. The number of nitrogens with zero attached hydrogens (tertiary/aromatic N) is 3. The molecule has 1 saturated heterocycles. The number of benzene rings is 1. The van der Waals surface area contributed by atoms with Gasteiger partial charge in [0.05, 0.1) is 19.3 Å². The van der Waals surface area contributed by atoms with Gasteiger partial charge in [-0.05, 0) is 83.2 Å². The summed E-state index contributed by atoms with van der Waals surface area (Å²) in [6.45, 7) is 11.3. The Bertz CT molecular complexity index is 1190. The highest BCUT2D eigenvalue weighted by Gasteiger charge is 2.25. The maximum Gasteiger partial charge on any atom is 0.254 e. The third-order valence-corrected chi connectivity index (χ3v) is 7.52. The second-order valence-corrected chi connectivity index (χ2v) is 10.9. The van der Waals surface area contributed by atoms with Crippen LogP contribution < -0.4 is 16.0 Å². The second-order valence-electron chi connectivity index (χ2n) is 10.3. The lowest BCUT2D eigenvalue weighted by Gasteiger charge is -2.22. The Balaban J connectivity index is 0.000000771. The van der Waals surface area contributed by atoms with Gasteiger partial charge in [0.1, 0.15) is 5.82 Å². The smallest absolute Gasteiger partial charge is 0.254 e. The molecule has 0 aliphatic carbocycles. The number of carbonyl (C=O) groups is 2. The predicted octanol–water partition coefficient (Wildman–Crippen LogP) is 5.25. The van der Waals surface area contributed by atoms with Gasteiger partial charge >= 0.3 is 0 Å². The minimum atomic E-state index is -0.00656. The lowest BCUT2D eigenvalue weighted by molar-refractivity contribution is -0.121. The molecule has 0 spiro atoms. The van der Waals surface area contributed by atoms with E-state index in [0.29, 0.717) is 37.5 Å². The van der Waals surface area contributed by atoms with E-state index in [1.165, 1.54) is 0 Å². The molecule has 4 rings (SSSR count). The van der Waals surface area contributed by atoms with E-state index >= 15 is 0 Å². The molecular weight excluding hydrogens is 512 g/mol. The van der Waals surface area contributed by atoms with Crippen molar-refractivity contribution in [2.75, 3.05) is 25.0 Å². The number of rotatable bonds is 6. The molecule has 0 saturated carbocycles. The fourth-order valence-corrected chi connectivity index (χ4v) is 4.77. The monoisotopic (exact) mass is 554 g/mol. The maximum absolute atomic E-state index is 13.4. The van der Waals surface area contributed by atoms with E-state index in [-0.39, 0.29) is 11.8 Å². The first-order valence-corrected chi connectivity index (χ1v) is 14.2. The van der Waals surface area contributed by atoms with E-state index < -0.39 is 0 Å². The number of aromatic nitrogens is 2. The number of halogens is 1. The fraction of sp³-hybridized carbons (Fsp3) is 0.500. The van der Waals surface area contributed by atoms with Gasteiger partial charge < -0.3 is 20.9 Å². The molecule has 8 nitrogen and oxygen atoms in total. The van der Waals surface area contributed by atoms with Crippen LogP contribution in [0, 0.1) is 12.8 Å². The summed E-state index contributed by atoms with van der Waals surface area (Å²) in [6.07, 6.45) is 9.50. The van der Waals surface area contributed by atoms with Gasteiger partial charge in [0, 0.05) is 41.9 Å². The van der Waals surface area contributed by atoms with Gasteiger partial charge in [0.2, 0.25) is 5.91 Å². The zero-order valence-corrected chi connectivity index (χ0v) is 24.7. The average Bonchev–Trinajstić information content (AvgIpc) is 3.16. The van der Waals surface area contributed by atoms with Gasteiger partial charge in [-0.15, -0.1) is 0 Å². The number of piperidine rings is 1. The van der Waals surface area contributed by atoms with Crippen LogP contribution in [0.2, 0.25) is 0 Å². The molecule has 2 aliphatic heterocycles. The van der Waals surface area contributed by atoms with Gasteiger partial charge in [-0.1, -0.05) is 35.9 Å². The van der Waals surface area contributed by atoms with E-state index in [2.05, 4.69) is 21.0 Å². The van der Waals surface area contributed by atoms with Crippen molar-refractivity contribution in [3.8, 4) is 0 Å². The van der Waals surface area contributed by atoms with Crippen LogP contribution in [-0.4, -0.2) is 46.1 Å². The first-order chi connectivity index (χ1) is 18.7. The number of hydrogen-bond donors (Lipinski definition) is 3. The lowest BCUT2D eigenvalue weighted by Crippen LogP contribution is -2.32. The van der Waals surface area contributed by atoms with Crippen LogP contribution in [0.5, 0.6) is 0 Å². The number of aryl methyl sites for hydroxylation is 2. The summed E-state index contributed by atoms with van der Waals surface area (Å²) in [4.78, 5) is 27.6. The molecule has 212 valence electrons. The van der Waals surface area contributed by atoms with Crippen molar-refractivity contribution in [1.82, 2.24) is 25.3 Å². The van der Waals surface area contributed by atoms with Gasteiger partial charge in [-0.2, -0.15) is 5.10 Å². The third-order valence-electron chi connectivity index (χ3n) is 7.30. The zero-order valence-electron chi connectivity index (χ0n) is 23.9. The van der Waals surface area contributed by atoms with Crippen molar-refractivity contribution < 1.29 is 9.59 Å². The van der Waals surface area contributed by atoms with Crippen LogP contribution in [0.1, 0.15) is 73.5 Å². The summed E-state index contributed by atoms with van der Waals surface area (Å²) in [7, 11) is 1.89. The molecule has 0 atom stereocenters. The molecule has 3 N–H and O–H groups in total. The molecule has 9 heteroatoms. The number of hydrogen-bond acceptors (Lipinski definition) is 5. The molecule has 39 heavy (non-hydrogen) atoms. The normalized spacial score (nSPS) is 17.0. The Morgan fingerprint density at radius 2 is 1.92 bits per heavy atom. The molecule has 1 aromatic heterocycles. The van der Waals surface area contributed by atoms with Gasteiger partial charge in [-0.25, -0.2) is 0 Å². The van der Waals surface area contributed by atoms with Crippen molar-refractivity contribution >= 4 is 29.2 Å². The highest BCUT2D eigenvalue weighted by molar-refractivity contribution is 6.29. The third kappa shape index (κ3) is 8.97.